The van der Waals surface area contributed by atoms with E-state index in [1.54, 1.807) is 23.9 Å². The molecular weight excluding hydrogens is 372 g/mol. The smallest absolute Gasteiger partial charge is 0.242 e. The lowest BCUT2D eigenvalue weighted by atomic mass is 10.1. The summed E-state index contributed by atoms with van der Waals surface area (Å²) in [7, 11) is 0.987. The SMILES string of the molecule is COc1ccc(S(=O)(=O)N(C)C)cc1CCC(=O)NCCSC(C)(C)C. The first-order chi connectivity index (χ1) is 12.0. The maximum atomic E-state index is 12.3. The molecule has 1 rings (SSSR count). The van der Waals surface area contributed by atoms with Gasteiger partial charge in [0.25, 0.3) is 0 Å². The zero-order valence-corrected chi connectivity index (χ0v) is 18.1. The van der Waals surface area contributed by atoms with E-state index in [2.05, 4.69) is 26.1 Å². The van der Waals surface area contributed by atoms with Gasteiger partial charge in [-0.25, -0.2) is 12.7 Å². The molecule has 0 fully saturated rings. The molecule has 0 radical (unpaired) electrons. The van der Waals surface area contributed by atoms with Gasteiger partial charge in [-0.2, -0.15) is 11.8 Å². The molecule has 1 amide bonds. The van der Waals surface area contributed by atoms with Gasteiger partial charge < -0.3 is 10.1 Å². The third-order valence-electron chi connectivity index (χ3n) is 3.61. The molecule has 0 aliphatic rings. The van der Waals surface area contributed by atoms with Crippen LogP contribution in [0.4, 0.5) is 0 Å². The molecule has 0 saturated carbocycles. The number of aryl methyl sites for hydroxylation is 1. The number of nitrogens with one attached hydrogen (secondary N) is 1. The highest BCUT2D eigenvalue weighted by Gasteiger charge is 2.19. The summed E-state index contributed by atoms with van der Waals surface area (Å²) in [6.45, 7) is 7.04. The number of methoxy groups -OCH3 is 1. The standard InChI is InChI=1S/C18H30N2O4S2/c1-18(2,3)25-12-11-19-17(21)10-7-14-13-15(8-9-16(14)24-6)26(22,23)20(4)5/h8-9,13H,7,10-12H2,1-6H3,(H,19,21). The second kappa shape index (κ2) is 9.62. The molecule has 26 heavy (non-hydrogen) atoms. The van der Waals surface area contributed by atoms with Crippen LogP contribution >= 0.6 is 11.8 Å². The van der Waals surface area contributed by atoms with Crippen LogP contribution < -0.4 is 10.1 Å². The Labute approximate surface area is 161 Å². The quantitative estimate of drug-likeness (QED) is 0.643. The molecule has 1 aromatic rings. The van der Waals surface area contributed by atoms with Gasteiger partial charge in [0.1, 0.15) is 5.75 Å². The lowest BCUT2D eigenvalue weighted by Crippen LogP contribution is -2.27. The van der Waals surface area contributed by atoms with Gasteiger partial charge in [0.05, 0.1) is 12.0 Å². The van der Waals surface area contributed by atoms with Crippen molar-refractivity contribution < 1.29 is 17.9 Å². The number of hydrogen-bond donors (Lipinski definition) is 1. The number of sulfonamides is 1. The third-order valence-corrected chi connectivity index (χ3v) is 6.70. The number of carbonyl (C=O) groups is 1. The van der Waals surface area contributed by atoms with Gasteiger partial charge in [-0.1, -0.05) is 20.8 Å². The minimum atomic E-state index is -3.52. The molecular formula is C18H30N2O4S2. The van der Waals surface area contributed by atoms with E-state index >= 15 is 0 Å². The molecule has 0 aromatic heterocycles. The second-order valence-corrected chi connectivity index (χ2v) is 11.1. The van der Waals surface area contributed by atoms with Crippen LogP contribution in [-0.4, -0.2) is 56.9 Å². The number of benzene rings is 1. The monoisotopic (exact) mass is 402 g/mol. The van der Waals surface area contributed by atoms with Gasteiger partial charge in [0.15, 0.2) is 0 Å². The molecule has 0 heterocycles. The number of amides is 1. The first kappa shape index (κ1) is 22.8. The average molecular weight is 403 g/mol. The molecule has 148 valence electrons. The first-order valence-corrected chi connectivity index (χ1v) is 10.9. The summed E-state index contributed by atoms with van der Waals surface area (Å²) in [5.41, 5.74) is 0.703. The Morgan fingerprint density at radius 3 is 2.46 bits per heavy atom. The van der Waals surface area contributed by atoms with E-state index in [1.165, 1.54) is 27.3 Å². The zero-order valence-electron chi connectivity index (χ0n) is 16.5. The maximum absolute atomic E-state index is 12.3. The number of thioether (sulfide) groups is 1. The van der Waals surface area contributed by atoms with Crippen LogP contribution in [0, 0.1) is 0 Å². The topological polar surface area (TPSA) is 75.7 Å². The lowest BCUT2D eigenvalue weighted by Gasteiger charge is -2.17. The Hall–Kier alpha value is -1.25. The summed E-state index contributed by atoms with van der Waals surface area (Å²) in [6.07, 6.45) is 0.695. The summed E-state index contributed by atoms with van der Waals surface area (Å²) in [4.78, 5) is 12.2. The minimum absolute atomic E-state index is 0.0533. The van der Waals surface area contributed by atoms with E-state index in [4.69, 9.17) is 4.74 Å². The fourth-order valence-electron chi connectivity index (χ4n) is 2.21. The number of rotatable bonds is 9. The van der Waals surface area contributed by atoms with Gasteiger partial charge >= 0.3 is 0 Å². The minimum Gasteiger partial charge on any atom is -0.496 e. The van der Waals surface area contributed by atoms with Crippen LogP contribution in [0.2, 0.25) is 0 Å². The Morgan fingerprint density at radius 1 is 1.27 bits per heavy atom. The molecule has 1 N–H and O–H groups in total. The van der Waals surface area contributed by atoms with Crippen LogP contribution in [0.1, 0.15) is 32.8 Å². The van der Waals surface area contributed by atoms with E-state index in [1.807, 2.05) is 0 Å². The Kier molecular flexibility index (Phi) is 8.43. The van der Waals surface area contributed by atoms with Crippen molar-refractivity contribution in [1.82, 2.24) is 9.62 Å². The zero-order chi connectivity index (χ0) is 20.0. The molecule has 6 nitrogen and oxygen atoms in total. The molecule has 8 heteroatoms. The molecule has 0 aliphatic heterocycles. The third kappa shape index (κ3) is 7.17. The number of hydrogen-bond acceptors (Lipinski definition) is 5. The fourth-order valence-corrected chi connectivity index (χ4v) is 3.98. The normalized spacial score (nSPS) is 12.3. The predicted molar refractivity (Wildman–Crippen MR) is 107 cm³/mol. The number of carbonyl (C=O) groups excluding carboxylic acids is 1. The Balaban J connectivity index is 2.70. The van der Waals surface area contributed by atoms with E-state index in [0.717, 1.165) is 10.1 Å². The van der Waals surface area contributed by atoms with Crippen LogP contribution in [0.3, 0.4) is 0 Å². The molecule has 0 aliphatic carbocycles. The molecule has 0 bridgehead atoms. The van der Waals surface area contributed by atoms with Crippen molar-refractivity contribution in [1.29, 1.82) is 0 Å². The van der Waals surface area contributed by atoms with Gasteiger partial charge in [-0.05, 0) is 30.2 Å². The summed E-state index contributed by atoms with van der Waals surface area (Å²) in [6, 6.07) is 4.72. The molecule has 0 atom stereocenters. The fraction of sp³-hybridized carbons (Fsp3) is 0.611. The predicted octanol–water partition coefficient (Wildman–Crippen LogP) is 2.53. The highest BCUT2D eigenvalue weighted by molar-refractivity contribution is 8.00. The van der Waals surface area contributed by atoms with Crippen molar-refractivity contribution in [3.63, 3.8) is 0 Å². The van der Waals surface area contributed by atoms with Crippen molar-refractivity contribution in [2.45, 2.75) is 43.3 Å². The maximum Gasteiger partial charge on any atom is 0.242 e. The number of nitrogens with zero attached hydrogens (tertiary/aromatic N) is 1. The van der Waals surface area contributed by atoms with Gasteiger partial charge in [0, 0.05) is 37.6 Å². The van der Waals surface area contributed by atoms with E-state index in [0.29, 0.717) is 24.3 Å². The molecule has 1 aromatic carbocycles. The van der Waals surface area contributed by atoms with Gasteiger partial charge in [-0.15, -0.1) is 0 Å². The number of ether oxygens (including phenoxy) is 1. The first-order valence-electron chi connectivity index (χ1n) is 8.47. The van der Waals surface area contributed by atoms with E-state index < -0.39 is 10.0 Å². The highest BCUT2D eigenvalue weighted by Crippen LogP contribution is 2.25. The Bertz CT molecular complexity index is 710. The van der Waals surface area contributed by atoms with Crippen LogP contribution in [0.15, 0.2) is 23.1 Å². The van der Waals surface area contributed by atoms with Crippen molar-refractivity contribution in [2.75, 3.05) is 33.5 Å². The molecule has 0 unspecified atom stereocenters. The van der Waals surface area contributed by atoms with Crippen LogP contribution in [-0.2, 0) is 21.2 Å². The molecule has 0 saturated heterocycles. The van der Waals surface area contributed by atoms with Crippen molar-refractivity contribution in [3.05, 3.63) is 23.8 Å². The van der Waals surface area contributed by atoms with Crippen molar-refractivity contribution in [3.8, 4) is 5.75 Å². The summed E-state index contributed by atoms with van der Waals surface area (Å²) < 4.78 is 31.2. The second-order valence-electron chi connectivity index (χ2n) is 7.07. The lowest BCUT2D eigenvalue weighted by molar-refractivity contribution is -0.120. The van der Waals surface area contributed by atoms with Gasteiger partial charge in [-0.3, -0.25) is 4.79 Å². The van der Waals surface area contributed by atoms with E-state index in [-0.39, 0.29) is 22.0 Å². The van der Waals surface area contributed by atoms with Crippen LogP contribution in [0.25, 0.3) is 0 Å². The largest absolute Gasteiger partial charge is 0.496 e. The molecule has 0 spiro atoms. The summed E-state index contributed by atoms with van der Waals surface area (Å²) in [5.74, 6) is 1.39. The van der Waals surface area contributed by atoms with Crippen molar-refractivity contribution in [2.24, 2.45) is 0 Å². The van der Waals surface area contributed by atoms with E-state index in [9.17, 15) is 13.2 Å². The summed E-state index contributed by atoms with van der Waals surface area (Å²) in [5, 5.41) is 2.90. The Morgan fingerprint density at radius 2 is 1.92 bits per heavy atom. The van der Waals surface area contributed by atoms with Crippen molar-refractivity contribution >= 4 is 27.7 Å². The summed E-state index contributed by atoms with van der Waals surface area (Å²) >= 11 is 1.80. The van der Waals surface area contributed by atoms with Crippen LogP contribution in [0.5, 0.6) is 5.75 Å². The van der Waals surface area contributed by atoms with Gasteiger partial charge in [0.2, 0.25) is 15.9 Å². The highest BCUT2D eigenvalue weighted by atomic mass is 32.2. The average Bonchev–Trinajstić information content (AvgIpc) is 2.55.